The molecule has 0 aliphatic carbocycles. The van der Waals surface area contributed by atoms with Crippen molar-refractivity contribution in [3.63, 3.8) is 0 Å². The Bertz CT molecular complexity index is 381. The Morgan fingerprint density at radius 3 is 2.89 bits per heavy atom. The molecule has 2 heterocycles. The molecule has 1 amide bonds. The van der Waals surface area contributed by atoms with Crippen LogP contribution in [0.3, 0.4) is 0 Å². The molecular formula is C12H20ClN3O2. The maximum atomic E-state index is 11.9. The lowest BCUT2D eigenvalue weighted by Gasteiger charge is -2.21. The topological polar surface area (TPSA) is 67.2 Å². The van der Waals surface area contributed by atoms with Gasteiger partial charge in [-0.3, -0.25) is 4.79 Å². The average Bonchev–Trinajstić information content (AvgIpc) is 2.67. The van der Waals surface area contributed by atoms with Crippen LogP contribution in [0.25, 0.3) is 0 Å². The molecular weight excluding hydrogens is 254 g/mol. The number of halogens is 1. The van der Waals surface area contributed by atoms with Crippen LogP contribution < -0.4 is 10.6 Å². The number of hydrogen-bond donors (Lipinski definition) is 2. The molecule has 2 N–H and O–H groups in total. The highest BCUT2D eigenvalue weighted by Gasteiger charge is 2.21. The van der Waals surface area contributed by atoms with E-state index < -0.39 is 0 Å². The van der Waals surface area contributed by atoms with Gasteiger partial charge in [0.05, 0.1) is 11.6 Å². The summed E-state index contributed by atoms with van der Waals surface area (Å²) in [7, 11) is 0. The number of amides is 1. The summed E-state index contributed by atoms with van der Waals surface area (Å²) in [5.74, 6) is 1.01. The standard InChI is InChI=1S/C12H19N3O2.ClH/c1-8-11(9(2)17-15-8)7-14-12(16)10-4-3-5-13-6-10;/h10,13H,3-7H2,1-2H3,(H,14,16);1H/t10-;/m1./s1. The first-order valence-electron chi connectivity index (χ1n) is 6.08. The monoisotopic (exact) mass is 273 g/mol. The van der Waals surface area contributed by atoms with Crippen LogP contribution in [0.15, 0.2) is 4.52 Å². The van der Waals surface area contributed by atoms with Gasteiger partial charge >= 0.3 is 0 Å². The Balaban J connectivity index is 0.00000162. The van der Waals surface area contributed by atoms with Crippen LogP contribution in [-0.4, -0.2) is 24.2 Å². The number of aromatic nitrogens is 1. The summed E-state index contributed by atoms with van der Waals surface area (Å²) in [5, 5.41) is 10.1. The van der Waals surface area contributed by atoms with E-state index in [4.69, 9.17) is 4.52 Å². The third-order valence-corrected chi connectivity index (χ3v) is 3.29. The molecule has 1 fully saturated rings. The van der Waals surface area contributed by atoms with Gasteiger partial charge < -0.3 is 15.2 Å². The Kier molecular flexibility index (Phi) is 5.62. The van der Waals surface area contributed by atoms with E-state index in [1.54, 1.807) is 0 Å². The number of rotatable bonds is 3. The van der Waals surface area contributed by atoms with E-state index in [0.717, 1.165) is 42.9 Å². The highest BCUT2D eigenvalue weighted by atomic mass is 35.5. The molecule has 18 heavy (non-hydrogen) atoms. The molecule has 6 heteroatoms. The van der Waals surface area contributed by atoms with Crippen molar-refractivity contribution < 1.29 is 9.32 Å². The fourth-order valence-electron chi connectivity index (χ4n) is 2.15. The van der Waals surface area contributed by atoms with Crippen molar-refractivity contribution in [1.29, 1.82) is 0 Å². The number of piperidine rings is 1. The zero-order valence-corrected chi connectivity index (χ0v) is 11.6. The van der Waals surface area contributed by atoms with Crippen LogP contribution in [-0.2, 0) is 11.3 Å². The summed E-state index contributed by atoms with van der Waals surface area (Å²) >= 11 is 0. The average molecular weight is 274 g/mol. The SMILES string of the molecule is Cc1noc(C)c1CNC(=O)[C@@H]1CCCNC1.Cl. The smallest absolute Gasteiger partial charge is 0.224 e. The fourth-order valence-corrected chi connectivity index (χ4v) is 2.15. The van der Waals surface area contributed by atoms with Crippen molar-refractivity contribution in [2.24, 2.45) is 5.92 Å². The second-order valence-corrected chi connectivity index (χ2v) is 4.56. The molecule has 2 rings (SSSR count). The zero-order chi connectivity index (χ0) is 12.3. The van der Waals surface area contributed by atoms with E-state index >= 15 is 0 Å². The number of carbonyl (C=O) groups excluding carboxylic acids is 1. The third kappa shape index (κ3) is 3.46. The Hall–Kier alpha value is -1.07. The van der Waals surface area contributed by atoms with E-state index in [-0.39, 0.29) is 24.2 Å². The molecule has 1 saturated heterocycles. The van der Waals surface area contributed by atoms with E-state index in [1.807, 2.05) is 13.8 Å². The normalized spacial score (nSPS) is 19.1. The molecule has 0 spiro atoms. The Morgan fingerprint density at radius 1 is 1.56 bits per heavy atom. The highest BCUT2D eigenvalue weighted by Crippen LogP contribution is 2.13. The predicted octanol–water partition coefficient (Wildman–Crippen LogP) is 1.33. The summed E-state index contributed by atoms with van der Waals surface area (Å²) in [5.41, 5.74) is 1.84. The minimum atomic E-state index is 0. The van der Waals surface area contributed by atoms with Crippen LogP contribution in [0.4, 0.5) is 0 Å². The van der Waals surface area contributed by atoms with Crippen LogP contribution in [0.1, 0.15) is 29.9 Å². The second kappa shape index (κ2) is 6.75. The van der Waals surface area contributed by atoms with E-state index in [0.29, 0.717) is 6.54 Å². The fraction of sp³-hybridized carbons (Fsp3) is 0.667. The quantitative estimate of drug-likeness (QED) is 0.872. The predicted molar refractivity (Wildman–Crippen MR) is 70.7 cm³/mol. The molecule has 0 saturated carbocycles. The molecule has 0 bridgehead atoms. The second-order valence-electron chi connectivity index (χ2n) is 4.56. The first-order valence-corrected chi connectivity index (χ1v) is 6.08. The van der Waals surface area contributed by atoms with Crippen LogP contribution in [0.2, 0.25) is 0 Å². The van der Waals surface area contributed by atoms with Crippen LogP contribution in [0.5, 0.6) is 0 Å². The molecule has 1 atom stereocenters. The van der Waals surface area contributed by atoms with Gasteiger partial charge in [0.15, 0.2) is 0 Å². The molecule has 5 nitrogen and oxygen atoms in total. The maximum absolute atomic E-state index is 11.9. The van der Waals surface area contributed by atoms with Gasteiger partial charge in [-0.15, -0.1) is 12.4 Å². The largest absolute Gasteiger partial charge is 0.361 e. The summed E-state index contributed by atoms with van der Waals surface area (Å²) in [4.78, 5) is 11.9. The minimum absolute atomic E-state index is 0. The number of hydrogen-bond acceptors (Lipinski definition) is 4. The lowest BCUT2D eigenvalue weighted by Crippen LogP contribution is -2.40. The summed E-state index contributed by atoms with van der Waals surface area (Å²) < 4.78 is 5.06. The molecule has 1 aliphatic heterocycles. The van der Waals surface area contributed by atoms with Crippen molar-refractivity contribution in [1.82, 2.24) is 15.8 Å². The first kappa shape index (κ1) is 15.0. The maximum Gasteiger partial charge on any atom is 0.224 e. The van der Waals surface area contributed by atoms with Crippen molar-refractivity contribution in [2.75, 3.05) is 13.1 Å². The van der Waals surface area contributed by atoms with Crippen molar-refractivity contribution in [3.8, 4) is 0 Å². The molecule has 0 radical (unpaired) electrons. The summed E-state index contributed by atoms with van der Waals surface area (Å²) in [6.45, 7) is 6.07. The molecule has 102 valence electrons. The summed E-state index contributed by atoms with van der Waals surface area (Å²) in [6, 6.07) is 0. The lowest BCUT2D eigenvalue weighted by molar-refractivity contribution is -0.125. The Morgan fingerprint density at radius 2 is 2.33 bits per heavy atom. The van der Waals surface area contributed by atoms with E-state index in [1.165, 1.54) is 0 Å². The number of carbonyl (C=O) groups is 1. The van der Waals surface area contributed by atoms with Gasteiger partial charge in [0.2, 0.25) is 5.91 Å². The molecule has 0 aromatic carbocycles. The lowest BCUT2D eigenvalue weighted by atomic mass is 9.99. The minimum Gasteiger partial charge on any atom is -0.361 e. The molecule has 0 unspecified atom stereocenters. The van der Waals surface area contributed by atoms with Gasteiger partial charge in [0, 0.05) is 18.7 Å². The van der Waals surface area contributed by atoms with Gasteiger partial charge in [-0.05, 0) is 33.2 Å². The van der Waals surface area contributed by atoms with E-state index in [9.17, 15) is 4.79 Å². The molecule has 1 aromatic rings. The Labute approximate surface area is 113 Å². The molecule has 1 aromatic heterocycles. The van der Waals surface area contributed by atoms with Gasteiger partial charge in [-0.2, -0.15) is 0 Å². The van der Waals surface area contributed by atoms with Crippen molar-refractivity contribution in [3.05, 3.63) is 17.0 Å². The van der Waals surface area contributed by atoms with Gasteiger partial charge in [-0.25, -0.2) is 0 Å². The van der Waals surface area contributed by atoms with Crippen LogP contribution in [0, 0.1) is 19.8 Å². The van der Waals surface area contributed by atoms with Gasteiger partial charge in [-0.1, -0.05) is 5.16 Å². The molecule has 1 aliphatic rings. The van der Waals surface area contributed by atoms with Crippen LogP contribution >= 0.6 is 12.4 Å². The highest BCUT2D eigenvalue weighted by molar-refractivity contribution is 5.85. The third-order valence-electron chi connectivity index (χ3n) is 3.29. The first-order chi connectivity index (χ1) is 8.18. The van der Waals surface area contributed by atoms with E-state index in [2.05, 4.69) is 15.8 Å². The number of nitrogens with one attached hydrogen (secondary N) is 2. The zero-order valence-electron chi connectivity index (χ0n) is 10.8. The van der Waals surface area contributed by atoms with Gasteiger partial charge in [0.1, 0.15) is 5.76 Å². The van der Waals surface area contributed by atoms with Crippen molar-refractivity contribution in [2.45, 2.75) is 33.2 Å². The number of aryl methyl sites for hydroxylation is 2. The number of nitrogens with zero attached hydrogens (tertiary/aromatic N) is 1. The van der Waals surface area contributed by atoms with Gasteiger partial charge in [0.25, 0.3) is 0 Å². The van der Waals surface area contributed by atoms with Crippen molar-refractivity contribution >= 4 is 18.3 Å². The summed E-state index contributed by atoms with van der Waals surface area (Å²) in [6.07, 6.45) is 2.05.